The molecule has 3 rings (SSSR count). The maximum absolute atomic E-state index is 9.36. The second kappa shape index (κ2) is 4.16. The Balaban J connectivity index is 2.12. The first kappa shape index (κ1) is 10.8. The second-order valence-corrected chi connectivity index (χ2v) is 4.55. The van der Waals surface area contributed by atoms with Crippen molar-refractivity contribution in [3.05, 3.63) is 23.6 Å². The number of anilines is 1. The molecule has 0 aromatic carbocycles. The smallest absolute Gasteiger partial charge is 0.243 e. The molecule has 0 amide bonds. The highest BCUT2D eigenvalue weighted by Gasteiger charge is 2.27. The zero-order chi connectivity index (χ0) is 11.8. The highest BCUT2D eigenvalue weighted by molar-refractivity contribution is 6.28. The van der Waals surface area contributed by atoms with Crippen LogP contribution >= 0.6 is 11.6 Å². The van der Waals surface area contributed by atoms with Gasteiger partial charge < -0.3 is 10.0 Å². The molecular formula is C11H13ClN4O. The minimum atomic E-state index is 0.139. The molecular weight excluding hydrogens is 240 g/mol. The average molecular weight is 253 g/mol. The predicted molar refractivity (Wildman–Crippen MR) is 65.5 cm³/mol. The van der Waals surface area contributed by atoms with Crippen LogP contribution in [0.1, 0.15) is 12.8 Å². The summed E-state index contributed by atoms with van der Waals surface area (Å²) in [5.41, 5.74) is 0.926. The fourth-order valence-corrected chi connectivity index (χ4v) is 2.57. The molecule has 1 aliphatic rings. The van der Waals surface area contributed by atoms with E-state index in [1.54, 1.807) is 4.52 Å². The van der Waals surface area contributed by atoms with E-state index >= 15 is 0 Å². The molecule has 0 radical (unpaired) electrons. The van der Waals surface area contributed by atoms with Gasteiger partial charge in [-0.1, -0.05) is 0 Å². The van der Waals surface area contributed by atoms with Crippen LogP contribution in [0.4, 0.5) is 5.82 Å². The van der Waals surface area contributed by atoms with Gasteiger partial charge >= 0.3 is 0 Å². The lowest BCUT2D eigenvalue weighted by Gasteiger charge is -2.24. The van der Waals surface area contributed by atoms with Crippen LogP contribution in [-0.2, 0) is 0 Å². The summed E-state index contributed by atoms with van der Waals surface area (Å²) in [6, 6.07) is 4.01. The number of nitrogens with zero attached hydrogens (tertiary/aromatic N) is 4. The minimum Gasteiger partial charge on any atom is -0.394 e. The zero-order valence-electron chi connectivity index (χ0n) is 9.25. The van der Waals surface area contributed by atoms with Gasteiger partial charge in [0, 0.05) is 12.7 Å². The van der Waals surface area contributed by atoms with Crippen LogP contribution in [-0.4, -0.2) is 38.9 Å². The van der Waals surface area contributed by atoms with Crippen LogP contribution < -0.4 is 4.90 Å². The molecule has 17 heavy (non-hydrogen) atoms. The summed E-state index contributed by atoms with van der Waals surface area (Å²) in [4.78, 5) is 6.42. The van der Waals surface area contributed by atoms with Crippen molar-refractivity contribution in [2.75, 3.05) is 18.1 Å². The summed E-state index contributed by atoms with van der Waals surface area (Å²) in [6.45, 7) is 1.05. The SMILES string of the molecule is OC[C@@H]1CCCN1c1nc(Cl)nn2cccc12. The van der Waals surface area contributed by atoms with Crippen LogP contribution in [0.3, 0.4) is 0 Å². The van der Waals surface area contributed by atoms with E-state index in [0.717, 1.165) is 30.7 Å². The van der Waals surface area contributed by atoms with Crippen molar-refractivity contribution >= 4 is 22.9 Å². The van der Waals surface area contributed by atoms with Gasteiger partial charge in [0.1, 0.15) is 5.52 Å². The van der Waals surface area contributed by atoms with E-state index in [-0.39, 0.29) is 17.9 Å². The Hall–Kier alpha value is -1.33. The van der Waals surface area contributed by atoms with Gasteiger partial charge in [-0.2, -0.15) is 4.98 Å². The van der Waals surface area contributed by atoms with Crippen LogP contribution in [0.25, 0.3) is 5.52 Å². The van der Waals surface area contributed by atoms with E-state index in [2.05, 4.69) is 15.0 Å². The topological polar surface area (TPSA) is 53.7 Å². The van der Waals surface area contributed by atoms with Gasteiger partial charge in [-0.25, -0.2) is 4.52 Å². The monoisotopic (exact) mass is 252 g/mol. The summed E-state index contributed by atoms with van der Waals surface area (Å²) >= 11 is 5.92. The van der Waals surface area contributed by atoms with E-state index in [0.29, 0.717) is 0 Å². The Bertz CT molecular complexity index is 541. The summed E-state index contributed by atoms with van der Waals surface area (Å²) in [5.74, 6) is 0.812. The Labute approximate surface area is 104 Å². The molecule has 1 saturated heterocycles. The lowest BCUT2D eigenvalue weighted by molar-refractivity contribution is 0.266. The molecule has 1 atom stereocenters. The lowest BCUT2D eigenvalue weighted by Crippen LogP contribution is -2.33. The Morgan fingerprint density at radius 1 is 1.53 bits per heavy atom. The molecule has 0 unspecified atom stereocenters. The first-order valence-electron chi connectivity index (χ1n) is 5.68. The van der Waals surface area contributed by atoms with E-state index in [1.165, 1.54) is 0 Å². The standard InChI is InChI=1S/C11H13ClN4O/c12-11-13-10(9-4-2-6-16(9)14-11)15-5-1-3-8(15)7-17/h2,4,6,8,17H,1,3,5,7H2/t8-/m0/s1. The number of hydrogen-bond donors (Lipinski definition) is 1. The van der Waals surface area contributed by atoms with Gasteiger partial charge in [0.15, 0.2) is 5.82 Å². The summed E-state index contributed by atoms with van der Waals surface area (Å²) in [6.07, 6.45) is 3.90. The number of aliphatic hydroxyl groups is 1. The third-order valence-electron chi connectivity index (χ3n) is 3.21. The molecule has 1 aliphatic heterocycles. The maximum Gasteiger partial charge on any atom is 0.243 e. The molecule has 2 aromatic rings. The Morgan fingerprint density at radius 2 is 2.41 bits per heavy atom. The van der Waals surface area contributed by atoms with Crippen molar-refractivity contribution in [2.24, 2.45) is 0 Å². The number of halogens is 1. The third-order valence-corrected chi connectivity index (χ3v) is 3.37. The van der Waals surface area contributed by atoms with Crippen LogP contribution in [0.5, 0.6) is 0 Å². The molecule has 0 spiro atoms. The van der Waals surface area contributed by atoms with Gasteiger partial charge in [0.25, 0.3) is 0 Å². The molecule has 3 heterocycles. The molecule has 5 nitrogen and oxygen atoms in total. The summed E-state index contributed by atoms with van der Waals surface area (Å²) in [5, 5.41) is 13.7. The molecule has 90 valence electrons. The molecule has 1 fully saturated rings. The Morgan fingerprint density at radius 3 is 3.24 bits per heavy atom. The van der Waals surface area contributed by atoms with Gasteiger partial charge in [-0.3, -0.25) is 0 Å². The van der Waals surface area contributed by atoms with Crippen molar-refractivity contribution in [3.8, 4) is 0 Å². The summed E-state index contributed by atoms with van der Waals surface area (Å²) in [7, 11) is 0. The van der Waals surface area contributed by atoms with Crippen molar-refractivity contribution in [3.63, 3.8) is 0 Å². The molecule has 1 N–H and O–H groups in total. The number of hydrogen-bond acceptors (Lipinski definition) is 4. The van der Waals surface area contributed by atoms with Crippen LogP contribution in [0, 0.1) is 0 Å². The van der Waals surface area contributed by atoms with Crippen molar-refractivity contribution in [2.45, 2.75) is 18.9 Å². The number of rotatable bonds is 2. The van der Waals surface area contributed by atoms with Crippen molar-refractivity contribution in [1.29, 1.82) is 0 Å². The van der Waals surface area contributed by atoms with Gasteiger partial charge in [0.05, 0.1) is 12.6 Å². The molecule has 0 aliphatic carbocycles. The first-order valence-corrected chi connectivity index (χ1v) is 6.06. The number of aromatic nitrogens is 3. The quantitative estimate of drug-likeness (QED) is 0.877. The maximum atomic E-state index is 9.36. The fourth-order valence-electron chi connectivity index (χ4n) is 2.41. The average Bonchev–Trinajstić information content (AvgIpc) is 2.95. The Kier molecular flexibility index (Phi) is 2.64. The van der Waals surface area contributed by atoms with E-state index in [9.17, 15) is 5.11 Å². The third kappa shape index (κ3) is 1.75. The highest BCUT2D eigenvalue weighted by Crippen LogP contribution is 2.28. The molecule has 0 bridgehead atoms. The van der Waals surface area contributed by atoms with E-state index < -0.39 is 0 Å². The largest absolute Gasteiger partial charge is 0.394 e. The van der Waals surface area contributed by atoms with E-state index in [1.807, 2.05) is 18.3 Å². The fraction of sp³-hybridized carbons (Fsp3) is 0.455. The number of aliphatic hydroxyl groups excluding tert-OH is 1. The first-order chi connectivity index (χ1) is 8.29. The highest BCUT2D eigenvalue weighted by atomic mass is 35.5. The van der Waals surface area contributed by atoms with Crippen LogP contribution in [0.2, 0.25) is 5.28 Å². The zero-order valence-corrected chi connectivity index (χ0v) is 10.0. The minimum absolute atomic E-state index is 0.139. The lowest BCUT2D eigenvalue weighted by atomic mass is 10.2. The van der Waals surface area contributed by atoms with Gasteiger partial charge in [-0.05, 0) is 36.6 Å². The van der Waals surface area contributed by atoms with Crippen molar-refractivity contribution in [1.82, 2.24) is 14.6 Å². The normalized spacial score (nSPS) is 20.4. The molecule has 0 saturated carbocycles. The summed E-state index contributed by atoms with van der Waals surface area (Å²) < 4.78 is 1.72. The number of fused-ring (bicyclic) bond motifs is 1. The van der Waals surface area contributed by atoms with Gasteiger partial charge in [0.2, 0.25) is 5.28 Å². The molecule has 6 heteroatoms. The predicted octanol–water partition coefficient (Wildman–Crippen LogP) is 1.34. The van der Waals surface area contributed by atoms with Crippen LogP contribution in [0.15, 0.2) is 18.3 Å². The van der Waals surface area contributed by atoms with Crippen molar-refractivity contribution < 1.29 is 5.11 Å². The molecule has 2 aromatic heterocycles. The second-order valence-electron chi connectivity index (χ2n) is 4.21. The van der Waals surface area contributed by atoms with E-state index in [4.69, 9.17) is 11.6 Å². The van der Waals surface area contributed by atoms with Gasteiger partial charge in [-0.15, -0.1) is 5.10 Å².